The maximum Gasteiger partial charge on any atom is 0.120 e. The number of halogens is 1. The van der Waals surface area contributed by atoms with Gasteiger partial charge < -0.3 is 9.72 Å². The van der Waals surface area contributed by atoms with E-state index in [0.29, 0.717) is 10.7 Å². The summed E-state index contributed by atoms with van der Waals surface area (Å²) >= 11 is 8.41. The summed E-state index contributed by atoms with van der Waals surface area (Å²) in [5.74, 6) is 0.908. The highest BCUT2D eigenvalue weighted by Gasteiger charge is 2.16. The molecule has 2 heterocycles. The van der Waals surface area contributed by atoms with Crippen LogP contribution in [0.5, 0.6) is 0 Å². The number of aromatic nitrogens is 2. The number of nitrogens with one attached hydrogen (secondary N) is 1. The highest BCUT2D eigenvalue weighted by atomic mass is 79.9. The van der Waals surface area contributed by atoms with Gasteiger partial charge in [0, 0.05) is 19.2 Å². The summed E-state index contributed by atoms with van der Waals surface area (Å²) < 4.78 is 7.06. The molecule has 1 atom stereocenters. The molecule has 0 amide bonds. The van der Waals surface area contributed by atoms with Gasteiger partial charge in [-0.15, -0.1) is 0 Å². The molecule has 5 heteroatoms. The van der Waals surface area contributed by atoms with Crippen molar-refractivity contribution in [2.24, 2.45) is 0 Å². The van der Waals surface area contributed by atoms with Crippen molar-refractivity contribution in [2.75, 3.05) is 6.61 Å². The zero-order valence-electron chi connectivity index (χ0n) is 7.62. The molecule has 76 valence electrons. The number of hydrogen-bond donors (Lipinski definition) is 1. The van der Waals surface area contributed by atoms with Crippen LogP contribution in [0.2, 0.25) is 0 Å². The van der Waals surface area contributed by atoms with E-state index < -0.39 is 0 Å². The fourth-order valence-electron chi connectivity index (χ4n) is 1.54. The molecule has 3 nitrogen and oxygen atoms in total. The number of ether oxygens (including phenoxy) is 1. The molecular formula is C9H11BrN2OS. The lowest BCUT2D eigenvalue weighted by atomic mass is 10.2. The molecule has 0 bridgehead atoms. The molecule has 0 saturated carbocycles. The van der Waals surface area contributed by atoms with Gasteiger partial charge in [0.05, 0.1) is 10.6 Å². The zero-order chi connectivity index (χ0) is 9.97. The molecule has 2 rings (SSSR count). The molecule has 14 heavy (non-hydrogen) atoms. The Kier molecular flexibility index (Phi) is 3.30. The fraction of sp³-hybridized carbons (Fsp3) is 0.556. The van der Waals surface area contributed by atoms with Crippen LogP contribution < -0.4 is 0 Å². The average molecular weight is 275 g/mol. The largest absolute Gasteiger partial charge is 0.378 e. The Morgan fingerprint density at radius 1 is 1.71 bits per heavy atom. The lowest BCUT2D eigenvalue weighted by molar-refractivity contribution is 0.110. The Balaban J connectivity index is 2.09. The normalized spacial score (nSPS) is 21.4. The SMILES string of the molecule is S=c1[nH]c(CC2CCCO2)ncc1Br. The van der Waals surface area contributed by atoms with Crippen molar-refractivity contribution in [3.63, 3.8) is 0 Å². The number of H-pyrrole nitrogens is 1. The van der Waals surface area contributed by atoms with Crippen LogP contribution in [0.15, 0.2) is 10.7 Å². The summed E-state index contributed by atoms with van der Waals surface area (Å²) in [4.78, 5) is 7.33. The summed E-state index contributed by atoms with van der Waals surface area (Å²) in [6.07, 6.45) is 5.16. The maximum atomic E-state index is 5.52. The third-order valence-corrected chi connectivity index (χ3v) is 3.44. The summed E-state index contributed by atoms with van der Waals surface area (Å²) in [5.41, 5.74) is 0. The van der Waals surface area contributed by atoms with Crippen molar-refractivity contribution in [3.8, 4) is 0 Å². The van der Waals surface area contributed by atoms with Crippen molar-refractivity contribution < 1.29 is 4.74 Å². The molecule has 0 spiro atoms. The maximum absolute atomic E-state index is 5.52. The molecule has 1 aromatic rings. The first-order valence-electron chi connectivity index (χ1n) is 4.61. The first kappa shape index (κ1) is 10.3. The Morgan fingerprint density at radius 3 is 3.21 bits per heavy atom. The van der Waals surface area contributed by atoms with E-state index in [1.165, 1.54) is 0 Å². The van der Waals surface area contributed by atoms with Crippen LogP contribution in [0.25, 0.3) is 0 Å². The second-order valence-corrected chi connectivity index (χ2v) is 4.61. The molecule has 1 fully saturated rings. The number of rotatable bonds is 2. The lowest BCUT2D eigenvalue weighted by Gasteiger charge is -2.08. The van der Waals surface area contributed by atoms with Crippen molar-refractivity contribution in [1.29, 1.82) is 0 Å². The van der Waals surface area contributed by atoms with Gasteiger partial charge in [0.15, 0.2) is 0 Å². The van der Waals surface area contributed by atoms with Crippen LogP contribution >= 0.6 is 28.1 Å². The minimum absolute atomic E-state index is 0.314. The van der Waals surface area contributed by atoms with Gasteiger partial charge in [-0.1, -0.05) is 12.2 Å². The molecule has 1 aromatic heterocycles. The lowest BCUT2D eigenvalue weighted by Crippen LogP contribution is -2.11. The Labute approximate surface area is 96.0 Å². The van der Waals surface area contributed by atoms with Crippen molar-refractivity contribution in [1.82, 2.24) is 9.97 Å². The van der Waals surface area contributed by atoms with E-state index in [9.17, 15) is 0 Å². The van der Waals surface area contributed by atoms with Crippen LogP contribution in [-0.4, -0.2) is 22.7 Å². The molecular weight excluding hydrogens is 264 g/mol. The van der Waals surface area contributed by atoms with Crippen molar-refractivity contribution in [2.45, 2.75) is 25.4 Å². The zero-order valence-corrected chi connectivity index (χ0v) is 10.0. The van der Waals surface area contributed by atoms with Gasteiger partial charge in [0.25, 0.3) is 0 Å². The Morgan fingerprint density at radius 2 is 2.57 bits per heavy atom. The highest BCUT2D eigenvalue weighted by molar-refractivity contribution is 9.10. The highest BCUT2D eigenvalue weighted by Crippen LogP contribution is 2.16. The van der Waals surface area contributed by atoms with E-state index in [0.717, 1.165) is 36.2 Å². The quantitative estimate of drug-likeness (QED) is 0.843. The second-order valence-electron chi connectivity index (χ2n) is 3.35. The average Bonchev–Trinajstić information content (AvgIpc) is 2.64. The first-order chi connectivity index (χ1) is 6.75. The van der Waals surface area contributed by atoms with Gasteiger partial charge in [-0.25, -0.2) is 4.98 Å². The van der Waals surface area contributed by atoms with Crippen molar-refractivity contribution in [3.05, 3.63) is 21.1 Å². The smallest absolute Gasteiger partial charge is 0.120 e. The van der Waals surface area contributed by atoms with Gasteiger partial charge in [-0.3, -0.25) is 0 Å². The van der Waals surface area contributed by atoms with E-state index in [1.54, 1.807) is 6.20 Å². The third-order valence-electron chi connectivity index (χ3n) is 2.25. The van der Waals surface area contributed by atoms with E-state index in [2.05, 4.69) is 25.9 Å². The van der Waals surface area contributed by atoms with Crippen LogP contribution in [0, 0.1) is 4.64 Å². The molecule has 0 radical (unpaired) electrons. The molecule has 1 unspecified atom stereocenters. The second kappa shape index (κ2) is 4.51. The van der Waals surface area contributed by atoms with Gasteiger partial charge in [0.2, 0.25) is 0 Å². The molecule has 1 aliphatic heterocycles. The van der Waals surface area contributed by atoms with Gasteiger partial charge in [-0.05, 0) is 28.8 Å². The third kappa shape index (κ3) is 2.40. The predicted octanol–water partition coefficient (Wildman–Crippen LogP) is 2.62. The van der Waals surface area contributed by atoms with Crippen LogP contribution in [0.3, 0.4) is 0 Å². The summed E-state index contributed by atoms with van der Waals surface area (Å²) in [6, 6.07) is 0. The Hall–Kier alpha value is -0.260. The van der Waals surface area contributed by atoms with Gasteiger partial charge in [-0.2, -0.15) is 0 Å². The standard InChI is InChI=1S/C9H11BrN2OS/c10-7-5-11-8(12-9(7)14)4-6-2-1-3-13-6/h5-6H,1-4H2,(H,11,12,14). The number of hydrogen-bond acceptors (Lipinski definition) is 3. The van der Waals surface area contributed by atoms with Crippen LogP contribution in [0.1, 0.15) is 18.7 Å². The summed E-state index contributed by atoms with van der Waals surface area (Å²) in [7, 11) is 0. The summed E-state index contributed by atoms with van der Waals surface area (Å²) in [6.45, 7) is 0.877. The van der Waals surface area contributed by atoms with E-state index in [1.807, 2.05) is 0 Å². The topological polar surface area (TPSA) is 37.9 Å². The number of aromatic amines is 1. The Bertz CT molecular complexity index is 373. The predicted molar refractivity (Wildman–Crippen MR) is 59.8 cm³/mol. The van der Waals surface area contributed by atoms with Crippen LogP contribution in [0.4, 0.5) is 0 Å². The monoisotopic (exact) mass is 274 g/mol. The minimum Gasteiger partial charge on any atom is -0.378 e. The minimum atomic E-state index is 0.314. The van der Waals surface area contributed by atoms with E-state index in [-0.39, 0.29) is 0 Å². The summed E-state index contributed by atoms with van der Waals surface area (Å²) in [5, 5.41) is 0. The molecule has 0 aromatic carbocycles. The van der Waals surface area contributed by atoms with Crippen molar-refractivity contribution >= 4 is 28.1 Å². The molecule has 1 aliphatic rings. The van der Waals surface area contributed by atoms with Gasteiger partial charge in [0.1, 0.15) is 10.5 Å². The number of nitrogens with zero attached hydrogens (tertiary/aromatic N) is 1. The van der Waals surface area contributed by atoms with Gasteiger partial charge >= 0.3 is 0 Å². The van der Waals surface area contributed by atoms with Crippen LogP contribution in [-0.2, 0) is 11.2 Å². The molecule has 1 saturated heterocycles. The fourth-order valence-corrected chi connectivity index (χ4v) is 1.91. The van der Waals surface area contributed by atoms with E-state index in [4.69, 9.17) is 17.0 Å². The first-order valence-corrected chi connectivity index (χ1v) is 5.81. The molecule has 0 aliphatic carbocycles. The molecule has 1 N–H and O–H groups in total. The van der Waals surface area contributed by atoms with E-state index >= 15 is 0 Å².